The first-order chi connectivity index (χ1) is 13.6. The standard InChI is InChI=1S/C23H20N2O2S/c1-16-8-9-17(2)25(16)21-12-10-19(11-13-21)23(26)27-14-20-15-28-22(24-20)18-6-4-3-5-7-18/h3-13,15H,14H2,1-2H3. The molecule has 0 saturated carbocycles. The Bertz CT molecular complexity index is 1080. The van der Waals surface area contributed by atoms with E-state index in [1.165, 1.54) is 0 Å². The summed E-state index contributed by atoms with van der Waals surface area (Å²) in [5.74, 6) is -0.346. The Morgan fingerprint density at radius 2 is 1.64 bits per heavy atom. The zero-order valence-electron chi connectivity index (χ0n) is 15.8. The molecule has 2 heterocycles. The van der Waals surface area contributed by atoms with Crippen LogP contribution in [0.5, 0.6) is 0 Å². The molecule has 4 nitrogen and oxygen atoms in total. The molecule has 0 aliphatic carbocycles. The molecule has 0 amide bonds. The fraction of sp³-hybridized carbons (Fsp3) is 0.130. The van der Waals surface area contributed by atoms with Gasteiger partial charge in [-0.25, -0.2) is 9.78 Å². The second kappa shape index (κ2) is 7.82. The van der Waals surface area contributed by atoms with Crippen molar-refractivity contribution in [1.82, 2.24) is 9.55 Å². The first-order valence-electron chi connectivity index (χ1n) is 9.04. The van der Waals surface area contributed by atoms with Crippen molar-refractivity contribution >= 4 is 17.3 Å². The van der Waals surface area contributed by atoms with Crippen LogP contribution in [0.15, 0.2) is 72.1 Å². The topological polar surface area (TPSA) is 44.1 Å². The van der Waals surface area contributed by atoms with Gasteiger partial charge in [0.25, 0.3) is 0 Å². The summed E-state index contributed by atoms with van der Waals surface area (Å²) in [7, 11) is 0. The van der Waals surface area contributed by atoms with E-state index in [1.54, 1.807) is 23.5 Å². The van der Waals surface area contributed by atoms with Crippen LogP contribution in [0.1, 0.15) is 27.4 Å². The maximum absolute atomic E-state index is 12.4. The number of benzene rings is 2. The number of hydrogen-bond donors (Lipinski definition) is 0. The van der Waals surface area contributed by atoms with E-state index in [0.717, 1.165) is 33.3 Å². The van der Waals surface area contributed by atoms with Gasteiger partial charge in [-0.1, -0.05) is 30.3 Å². The number of ether oxygens (including phenoxy) is 1. The third-order valence-corrected chi connectivity index (χ3v) is 5.50. The van der Waals surface area contributed by atoms with E-state index >= 15 is 0 Å². The van der Waals surface area contributed by atoms with E-state index in [0.29, 0.717) is 5.56 Å². The molecule has 4 rings (SSSR count). The summed E-state index contributed by atoms with van der Waals surface area (Å²) >= 11 is 1.55. The van der Waals surface area contributed by atoms with Crippen molar-refractivity contribution in [2.24, 2.45) is 0 Å². The zero-order chi connectivity index (χ0) is 19.5. The fourth-order valence-electron chi connectivity index (χ4n) is 3.13. The van der Waals surface area contributed by atoms with Gasteiger partial charge in [-0.2, -0.15) is 0 Å². The number of carbonyl (C=O) groups excluding carboxylic acids is 1. The van der Waals surface area contributed by atoms with Crippen LogP contribution < -0.4 is 0 Å². The van der Waals surface area contributed by atoms with Gasteiger partial charge in [0.15, 0.2) is 0 Å². The van der Waals surface area contributed by atoms with Crippen LogP contribution >= 0.6 is 11.3 Å². The quantitative estimate of drug-likeness (QED) is 0.420. The molecule has 0 unspecified atom stereocenters. The van der Waals surface area contributed by atoms with Gasteiger partial charge in [-0.05, 0) is 50.2 Å². The van der Waals surface area contributed by atoms with Crippen LogP contribution in [0.4, 0.5) is 0 Å². The van der Waals surface area contributed by atoms with Gasteiger partial charge in [-0.15, -0.1) is 11.3 Å². The molecule has 0 spiro atoms. The number of hydrogen-bond acceptors (Lipinski definition) is 4. The average molecular weight is 388 g/mol. The minimum absolute atomic E-state index is 0.166. The van der Waals surface area contributed by atoms with Crippen molar-refractivity contribution in [2.45, 2.75) is 20.5 Å². The lowest BCUT2D eigenvalue weighted by atomic mass is 10.2. The van der Waals surface area contributed by atoms with Crippen molar-refractivity contribution < 1.29 is 9.53 Å². The van der Waals surface area contributed by atoms with E-state index in [4.69, 9.17) is 4.74 Å². The molecule has 0 atom stereocenters. The molecule has 0 radical (unpaired) electrons. The van der Waals surface area contributed by atoms with E-state index in [2.05, 4.69) is 35.5 Å². The molecule has 140 valence electrons. The number of esters is 1. The predicted octanol–water partition coefficient (Wildman–Crippen LogP) is 5.57. The summed E-state index contributed by atoms with van der Waals surface area (Å²) in [5, 5.41) is 2.85. The zero-order valence-corrected chi connectivity index (χ0v) is 16.6. The second-order valence-electron chi connectivity index (χ2n) is 6.58. The highest BCUT2D eigenvalue weighted by atomic mass is 32.1. The maximum Gasteiger partial charge on any atom is 0.338 e. The van der Waals surface area contributed by atoms with Crippen LogP contribution in [0, 0.1) is 13.8 Å². The van der Waals surface area contributed by atoms with Crippen molar-refractivity contribution in [3.8, 4) is 16.3 Å². The van der Waals surface area contributed by atoms with Crippen molar-refractivity contribution in [3.05, 3.63) is 94.8 Å². The molecule has 0 fully saturated rings. The van der Waals surface area contributed by atoms with Crippen LogP contribution in [-0.4, -0.2) is 15.5 Å². The third-order valence-electron chi connectivity index (χ3n) is 4.56. The minimum Gasteiger partial charge on any atom is -0.456 e. The van der Waals surface area contributed by atoms with Gasteiger partial charge < -0.3 is 9.30 Å². The van der Waals surface area contributed by atoms with Gasteiger partial charge in [0, 0.05) is 28.0 Å². The normalized spacial score (nSPS) is 10.8. The predicted molar refractivity (Wildman–Crippen MR) is 112 cm³/mol. The van der Waals surface area contributed by atoms with Crippen LogP contribution in [0.25, 0.3) is 16.3 Å². The fourth-order valence-corrected chi connectivity index (χ4v) is 3.94. The summed E-state index contributed by atoms with van der Waals surface area (Å²) in [5.41, 5.74) is 5.70. The molecule has 28 heavy (non-hydrogen) atoms. The third kappa shape index (κ3) is 3.75. The Kier molecular flexibility index (Phi) is 5.08. The number of rotatable bonds is 5. The Hall–Kier alpha value is -3.18. The lowest BCUT2D eigenvalue weighted by Gasteiger charge is -2.10. The summed E-state index contributed by atoms with van der Waals surface area (Å²) < 4.78 is 7.59. The molecule has 0 aliphatic rings. The highest BCUT2D eigenvalue weighted by Gasteiger charge is 2.11. The van der Waals surface area contributed by atoms with E-state index in [9.17, 15) is 4.79 Å². The molecule has 5 heteroatoms. The van der Waals surface area contributed by atoms with E-state index < -0.39 is 0 Å². The molecule has 0 aliphatic heterocycles. The summed E-state index contributed by atoms with van der Waals surface area (Å²) in [6, 6.07) is 21.6. The van der Waals surface area contributed by atoms with Gasteiger partial charge in [-0.3, -0.25) is 0 Å². The first kappa shape index (κ1) is 18.2. The molecular formula is C23H20N2O2S. The number of thiazole rings is 1. The van der Waals surface area contributed by atoms with Crippen molar-refractivity contribution in [3.63, 3.8) is 0 Å². The van der Waals surface area contributed by atoms with Gasteiger partial charge >= 0.3 is 5.97 Å². The Labute approximate surface area is 168 Å². The van der Waals surface area contributed by atoms with Crippen molar-refractivity contribution in [2.75, 3.05) is 0 Å². The summed E-state index contributed by atoms with van der Waals surface area (Å²) in [6.07, 6.45) is 0. The minimum atomic E-state index is -0.346. The lowest BCUT2D eigenvalue weighted by Crippen LogP contribution is -2.06. The summed E-state index contributed by atoms with van der Waals surface area (Å²) in [4.78, 5) is 16.9. The average Bonchev–Trinajstić information content (AvgIpc) is 3.33. The molecule has 2 aromatic heterocycles. The van der Waals surface area contributed by atoms with Crippen LogP contribution in [0.3, 0.4) is 0 Å². The first-order valence-corrected chi connectivity index (χ1v) is 9.92. The summed E-state index contributed by atoms with van der Waals surface area (Å²) in [6.45, 7) is 4.29. The molecule has 2 aromatic carbocycles. The number of nitrogens with zero attached hydrogens (tertiary/aromatic N) is 2. The number of carbonyl (C=O) groups is 1. The lowest BCUT2D eigenvalue weighted by molar-refractivity contribution is 0.0468. The second-order valence-corrected chi connectivity index (χ2v) is 7.44. The number of aryl methyl sites for hydroxylation is 2. The van der Waals surface area contributed by atoms with Gasteiger partial charge in [0.05, 0.1) is 11.3 Å². The highest BCUT2D eigenvalue weighted by molar-refractivity contribution is 7.13. The molecule has 0 N–H and O–H groups in total. The van der Waals surface area contributed by atoms with Crippen LogP contribution in [-0.2, 0) is 11.3 Å². The number of aromatic nitrogens is 2. The monoisotopic (exact) mass is 388 g/mol. The SMILES string of the molecule is Cc1ccc(C)n1-c1ccc(C(=O)OCc2csc(-c3ccccc3)n2)cc1. The Balaban J connectivity index is 1.41. The van der Waals surface area contributed by atoms with Gasteiger partial charge in [0.2, 0.25) is 0 Å². The largest absolute Gasteiger partial charge is 0.456 e. The molecular weight excluding hydrogens is 368 g/mol. The van der Waals surface area contributed by atoms with E-state index in [-0.39, 0.29) is 12.6 Å². The Morgan fingerprint density at radius 1 is 0.964 bits per heavy atom. The van der Waals surface area contributed by atoms with Crippen molar-refractivity contribution in [1.29, 1.82) is 0 Å². The smallest absolute Gasteiger partial charge is 0.338 e. The highest BCUT2D eigenvalue weighted by Crippen LogP contribution is 2.24. The molecule has 4 aromatic rings. The van der Waals surface area contributed by atoms with Gasteiger partial charge in [0.1, 0.15) is 11.6 Å². The molecule has 0 bridgehead atoms. The maximum atomic E-state index is 12.4. The van der Waals surface area contributed by atoms with Crippen LogP contribution in [0.2, 0.25) is 0 Å². The van der Waals surface area contributed by atoms with E-state index in [1.807, 2.05) is 47.8 Å². The molecule has 0 saturated heterocycles. The Morgan fingerprint density at radius 3 is 2.32 bits per heavy atom.